The van der Waals surface area contributed by atoms with Crippen molar-refractivity contribution in [2.75, 3.05) is 19.5 Å². The van der Waals surface area contributed by atoms with E-state index in [0.717, 1.165) is 0 Å². The summed E-state index contributed by atoms with van der Waals surface area (Å²) in [5, 5.41) is 2.77. The highest BCUT2D eigenvalue weighted by Crippen LogP contribution is 1.92. The maximum atomic E-state index is 10.8. The highest BCUT2D eigenvalue weighted by atomic mass is 35.5. The summed E-state index contributed by atoms with van der Waals surface area (Å²) in [6, 6.07) is 0. The van der Waals surface area contributed by atoms with E-state index >= 15 is 0 Å². The summed E-state index contributed by atoms with van der Waals surface area (Å²) in [6.45, 7) is 2.14. The van der Waals surface area contributed by atoms with Gasteiger partial charge in [-0.3, -0.25) is 0 Å². The molecule has 0 aromatic heterocycles. The van der Waals surface area contributed by atoms with Crippen LogP contribution in [0.4, 0.5) is 0 Å². The van der Waals surface area contributed by atoms with Crippen LogP contribution < -0.4 is 5.32 Å². The second-order valence-electron chi connectivity index (χ2n) is 1.81. The third kappa shape index (κ3) is 4.67. The van der Waals surface area contributed by atoms with Crippen LogP contribution in [-0.2, 0) is 9.53 Å². The fourth-order valence-electron chi connectivity index (χ4n) is 0.504. The highest BCUT2D eigenvalue weighted by Gasteiger charge is 1.98. The van der Waals surface area contributed by atoms with Crippen molar-refractivity contribution in [1.82, 2.24) is 5.32 Å². The molecule has 0 amide bonds. The number of alkyl halides is 1. The van der Waals surface area contributed by atoms with Crippen molar-refractivity contribution < 1.29 is 9.53 Å². The molecule has 0 atom stereocenters. The Hall–Kier alpha value is -0.700. The Morgan fingerprint density at radius 3 is 2.73 bits per heavy atom. The van der Waals surface area contributed by atoms with Crippen molar-refractivity contribution in [3.8, 4) is 0 Å². The molecule has 0 rings (SSSR count). The van der Waals surface area contributed by atoms with Crippen molar-refractivity contribution >= 4 is 17.6 Å². The van der Waals surface area contributed by atoms with Gasteiger partial charge in [0, 0.05) is 18.8 Å². The van der Waals surface area contributed by atoms with Gasteiger partial charge in [0.05, 0.1) is 12.5 Å². The van der Waals surface area contributed by atoms with E-state index in [-0.39, 0.29) is 11.8 Å². The summed E-state index contributed by atoms with van der Waals surface area (Å²) in [4.78, 5) is 10.8. The molecule has 0 unspecified atom stereocenters. The summed E-state index contributed by atoms with van der Waals surface area (Å²) in [5.74, 6) is -0.0764. The SMILES string of the molecule is CCOC(=O)/C=C(/CCl)NC. The standard InChI is InChI=1S/C7H12ClNO2/c1-3-11-7(10)4-6(5-8)9-2/h4,9H,3,5H2,1-2H3/b6-4-. The minimum atomic E-state index is -0.363. The number of allylic oxidation sites excluding steroid dienone is 1. The number of hydrogen-bond acceptors (Lipinski definition) is 3. The van der Waals surface area contributed by atoms with Gasteiger partial charge in [0.2, 0.25) is 0 Å². The van der Waals surface area contributed by atoms with Gasteiger partial charge >= 0.3 is 5.97 Å². The predicted molar refractivity (Wildman–Crippen MR) is 44.5 cm³/mol. The first-order chi connectivity index (χ1) is 5.24. The molecule has 3 nitrogen and oxygen atoms in total. The van der Waals surface area contributed by atoms with Crippen LogP contribution in [0.5, 0.6) is 0 Å². The second kappa shape index (κ2) is 6.04. The molecule has 1 N–H and O–H groups in total. The number of hydrogen-bond donors (Lipinski definition) is 1. The molecular formula is C7H12ClNO2. The monoisotopic (exact) mass is 177 g/mol. The van der Waals surface area contributed by atoms with Crippen LogP contribution in [0.25, 0.3) is 0 Å². The molecule has 0 saturated carbocycles. The highest BCUT2D eigenvalue weighted by molar-refractivity contribution is 6.19. The largest absolute Gasteiger partial charge is 0.463 e. The van der Waals surface area contributed by atoms with Crippen LogP contribution in [0.1, 0.15) is 6.92 Å². The summed E-state index contributed by atoms with van der Waals surface area (Å²) < 4.78 is 4.66. The van der Waals surface area contributed by atoms with Gasteiger partial charge in [-0.05, 0) is 6.92 Å². The van der Waals surface area contributed by atoms with Crippen LogP contribution in [0, 0.1) is 0 Å². The molecule has 0 radical (unpaired) electrons. The van der Waals surface area contributed by atoms with Crippen molar-refractivity contribution in [1.29, 1.82) is 0 Å². The van der Waals surface area contributed by atoms with Gasteiger partial charge in [-0.15, -0.1) is 11.6 Å². The Morgan fingerprint density at radius 1 is 1.73 bits per heavy atom. The van der Waals surface area contributed by atoms with Crippen LogP contribution in [0.2, 0.25) is 0 Å². The van der Waals surface area contributed by atoms with E-state index in [1.165, 1.54) is 6.08 Å². The number of carbonyl (C=O) groups is 1. The quantitative estimate of drug-likeness (QED) is 0.394. The first kappa shape index (κ1) is 10.3. The molecule has 0 spiro atoms. The van der Waals surface area contributed by atoms with E-state index in [9.17, 15) is 4.79 Å². The maximum Gasteiger partial charge on any atom is 0.332 e. The molecule has 0 heterocycles. The molecule has 0 aliphatic rings. The zero-order valence-corrected chi connectivity index (χ0v) is 7.44. The lowest BCUT2D eigenvalue weighted by atomic mass is 10.4. The van der Waals surface area contributed by atoms with E-state index in [2.05, 4.69) is 10.1 Å². The zero-order valence-electron chi connectivity index (χ0n) is 6.69. The third-order valence-corrected chi connectivity index (χ3v) is 1.33. The molecule has 0 fully saturated rings. The first-order valence-corrected chi connectivity index (χ1v) is 3.89. The zero-order chi connectivity index (χ0) is 8.69. The van der Waals surface area contributed by atoms with Crippen molar-refractivity contribution in [2.45, 2.75) is 6.92 Å². The van der Waals surface area contributed by atoms with Gasteiger partial charge in [-0.1, -0.05) is 0 Å². The third-order valence-electron chi connectivity index (χ3n) is 1.04. The summed E-state index contributed by atoms with van der Waals surface area (Å²) in [6.07, 6.45) is 1.34. The number of rotatable bonds is 4. The molecule has 0 saturated heterocycles. The second-order valence-corrected chi connectivity index (χ2v) is 2.07. The fraction of sp³-hybridized carbons (Fsp3) is 0.571. The van der Waals surface area contributed by atoms with E-state index in [0.29, 0.717) is 12.3 Å². The number of esters is 1. The Balaban J connectivity index is 3.93. The van der Waals surface area contributed by atoms with Crippen molar-refractivity contribution in [2.24, 2.45) is 0 Å². The smallest absolute Gasteiger partial charge is 0.332 e. The molecule has 4 heteroatoms. The summed E-state index contributed by atoms with van der Waals surface area (Å²) in [7, 11) is 1.70. The van der Waals surface area contributed by atoms with E-state index in [1.54, 1.807) is 14.0 Å². The minimum Gasteiger partial charge on any atom is -0.463 e. The van der Waals surface area contributed by atoms with Gasteiger partial charge in [-0.25, -0.2) is 4.79 Å². The Bertz CT molecular complexity index is 151. The maximum absolute atomic E-state index is 10.8. The Morgan fingerprint density at radius 2 is 2.36 bits per heavy atom. The molecule has 0 bridgehead atoms. The van der Waals surface area contributed by atoms with Gasteiger partial charge in [0.15, 0.2) is 0 Å². The molecule has 0 aliphatic carbocycles. The topological polar surface area (TPSA) is 38.3 Å². The van der Waals surface area contributed by atoms with Crippen LogP contribution in [-0.4, -0.2) is 25.5 Å². The minimum absolute atomic E-state index is 0.287. The van der Waals surface area contributed by atoms with Crippen LogP contribution in [0.3, 0.4) is 0 Å². The first-order valence-electron chi connectivity index (χ1n) is 3.35. The van der Waals surface area contributed by atoms with E-state index in [4.69, 9.17) is 11.6 Å². The van der Waals surface area contributed by atoms with Crippen LogP contribution >= 0.6 is 11.6 Å². The average Bonchev–Trinajstić information content (AvgIpc) is 2.01. The number of ether oxygens (including phenoxy) is 1. The van der Waals surface area contributed by atoms with Crippen molar-refractivity contribution in [3.63, 3.8) is 0 Å². The fourth-order valence-corrected chi connectivity index (χ4v) is 0.715. The van der Waals surface area contributed by atoms with Crippen LogP contribution in [0.15, 0.2) is 11.8 Å². The molecule has 0 aliphatic heterocycles. The Labute approximate surface area is 71.4 Å². The van der Waals surface area contributed by atoms with Gasteiger partial charge in [0.1, 0.15) is 0 Å². The number of halogens is 1. The Kier molecular flexibility index (Phi) is 5.65. The summed E-state index contributed by atoms with van der Waals surface area (Å²) in [5.41, 5.74) is 0.658. The van der Waals surface area contributed by atoms with E-state index in [1.807, 2.05) is 0 Å². The number of carbonyl (C=O) groups excluding carboxylic acids is 1. The normalized spacial score (nSPS) is 11.0. The predicted octanol–water partition coefficient (Wildman–Crippen LogP) is 0.892. The lowest BCUT2D eigenvalue weighted by Crippen LogP contribution is -2.11. The lowest BCUT2D eigenvalue weighted by Gasteiger charge is -2.01. The summed E-state index contributed by atoms with van der Waals surface area (Å²) >= 11 is 5.47. The van der Waals surface area contributed by atoms with Gasteiger partial charge < -0.3 is 10.1 Å². The van der Waals surface area contributed by atoms with Crippen molar-refractivity contribution in [3.05, 3.63) is 11.8 Å². The number of nitrogens with one attached hydrogen (secondary N) is 1. The molecule has 0 aromatic rings. The van der Waals surface area contributed by atoms with E-state index < -0.39 is 0 Å². The van der Waals surface area contributed by atoms with Gasteiger partial charge in [0.25, 0.3) is 0 Å². The van der Waals surface area contributed by atoms with Gasteiger partial charge in [-0.2, -0.15) is 0 Å². The molecular weight excluding hydrogens is 166 g/mol. The average molecular weight is 178 g/mol. The lowest BCUT2D eigenvalue weighted by molar-refractivity contribution is -0.137. The molecule has 64 valence electrons. The molecule has 0 aromatic carbocycles. The molecule has 11 heavy (non-hydrogen) atoms.